The summed E-state index contributed by atoms with van der Waals surface area (Å²) in [5.41, 5.74) is 6.63. The number of para-hydroxylation sites is 1. The second-order valence-corrected chi connectivity index (χ2v) is 8.32. The molecule has 0 spiro atoms. The molecular weight excluding hydrogens is 434 g/mol. The lowest BCUT2D eigenvalue weighted by molar-refractivity contribution is -0.118. The lowest BCUT2D eigenvalue weighted by Crippen LogP contribution is -2.21. The van der Waals surface area contributed by atoms with E-state index in [2.05, 4.69) is 20.7 Å². The fourth-order valence-corrected chi connectivity index (χ4v) is 3.96. The maximum absolute atomic E-state index is 12.4. The van der Waals surface area contributed by atoms with Gasteiger partial charge in [0, 0.05) is 16.8 Å². The van der Waals surface area contributed by atoms with Crippen LogP contribution >= 0.6 is 11.8 Å². The Balaban J connectivity index is 1.53. The quantitative estimate of drug-likeness (QED) is 0.241. The number of carbonyl (C=O) groups excluding carboxylic acids is 1. The number of hydrazone groups is 1. The van der Waals surface area contributed by atoms with Gasteiger partial charge in [0.05, 0.1) is 11.5 Å². The molecule has 0 saturated heterocycles. The number of rotatable bonds is 7. The number of aryl methyl sites for hydroxylation is 1. The van der Waals surface area contributed by atoms with E-state index in [1.165, 1.54) is 11.8 Å². The van der Waals surface area contributed by atoms with Crippen molar-refractivity contribution in [1.29, 1.82) is 0 Å². The second-order valence-electron chi connectivity index (χ2n) is 7.38. The minimum Gasteiger partial charge on any atom is -0.507 e. The molecule has 1 aromatic heterocycles. The van der Waals surface area contributed by atoms with Crippen molar-refractivity contribution in [1.82, 2.24) is 20.2 Å². The van der Waals surface area contributed by atoms with Gasteiger partial charge < -0.3 is 5.11 Å². The van der Waals surface area contributed by atoms with Crippen LogP contribution in [0.1, 0.15) is 18.1 Å². The van der Waals surface area contributed by atoms with Crippen LogP contribution in [0.15, 0.2) is 89.1 Å². The Bertz CT molecular complexity index is 1280. The van der Waals surface area contributed by atoms with E-state index in [0.717, 1.165) is 16.8 Å². The summed E-state index contributed by atoms with van der Waals surface area (Å²) in [6.07, 6.45) is 0. The number of phenols is 1. The number of aromatic nitrogens is 3. The highest BCUT2D eigenvalue weighted by Gasteiger charge is 2.17. The third-order valence-electron chi connectivity index (χ3n) is 4.93. The molecule has 4 rings (SSSR count). The Morgan fingerprint density at radius 2 is 1.70 bits per heavy atom. The van der Waals surface area contributed by atoms with Crippen molar-refractivity contribution in [2.45, 2.75) is 19.0 Å². The molecule has 1 heterocycles. The first-order chi connectivity index (χ1) is 16.0. The maximum atomic E-state index is 12.4. The summed E-state index contributed by atoms with van der Waals surface area (Å²) < 4.78 is 1.95. The molecule has 2 N–H and O–H groups in total. The van der Waals surface area contributed by atoms with Crippen LogP contribution in [0.4, 0.5) is 0 Å². The van der Waals surface area contributed by atoms with Gasteiger partial charge in [-0.3, -0.25) is 9.36 Å². The zero-order valence-corrected chi connectivity index (χ0v) is 19.1. The molecule has 8 heteroatoms. The molecule has 0 fully saturated rings. The number of hydrogen-bond donors (Lipinski definition) is 2. The largest absolute Gasteiger partial charge is 0.507 e. The summed E-state index contributed by atoms with van der Waals surface area (Å²) in [5, 5.41) is 23.4. The van der Waals surface area contributed by atoms with Crippen LogP contribution in [0.2, 0.25) is 0 Å². The molecule has 0 saturated carbocycles. The van der Waals surface area contributed by atoms with E-state index in [1.807, 2.05) is 66.1 Å². The molecular formula is C25H23N5O2S. The van der Waals surface area contributed by atoms with Gasteiger partial charge in [-0.1, -0.05) is 71.9 Å². The van der Waals surface area contributed by atoms with Crippen LogP contribution in [0.3, 0.4) is 0 Å². The van der Waals surface area contributed by atoms with Gasteiger partial charge in [0.2, 0.25) is 0 Å². The van der Waals surface area contributed by atoms with Crippen molar-refractivity contribution >= 4 is 23.4 Å². The molecule has 3 aromatic carbocycles. The number of amides is 1. The minimum absolute atomic E-state index is 0.107. The molecule has 33 heavy (non-hydrogen) atoms. The van der Waals surface area contributed by atoms with Crippen molar-refractivity contribution in [2.24, 2.45) is 5.10 Å². The lowest BCUT2D eigenvalue weighted by atomic mass is 10.1. The Labute approximate surface area is 196 Å². The van der Waals surface area contributed by atoms with E-state index in [4.69, 9.17) is 0 Å². The van der Waals surface area contributed by atoms with Crippen LogP contribution in [-0.4, -0.2) is 37.2 Å². The number of phenolic OH excluding ortho intramolecular Hbond substituents is 1. The summed E-state index contributed by atoms with van der Waals surface area (Å²) in [6.45, 7) is 3.76. The van der Waals surface area contributed by atoms with Crippen LogP contribution in [0.5, 0.6) is 5.75 Å². The van der Waals surface area contributed by atoms with Gasteiger partial charge in [-0.15, -0.1) is 10.2 Å². The van der Waals surface area contributed by atoms with Gasteiger partial charge in [-0.05, 0) is 38.1 Å². The summed E-state index contributed by atoms with van der Waals surface area (Å²) in [7, 11) is 0. The summed E-state index contributed by atoms with van der Waals surface area (Å²) in [6, 6.07) is 24.7. The van der Waals surface area contributed by atoms with Crippen LogP contribution < -0.4 is 5.43 Å². The van der Waals surface area contributed by atoms with E-state index >= 15 is 0 Å². The molecule has 0 unspecified atom stereocenters. The monoisotopic (exact) mass is 457 g/mol. The minimum atomic E-state index is -0.283. The Morgan fingerprint density at radius 3 is 2.42 bits per heavy atom. The molecule has 0 aliphatic carbocycles. The molecule has 0 radical (unpaired) electrons. The molecule has 0 atom stereocenters. The smallest absolute Gasteiger partial charge is 0.250 e. The first kappa shape index (κ1) is 22.3. The fourth-order valence-electron chi connectivity index (χ4n) is 3.21. The predicted octanol–water partition coefficient (Wildman–Crippen LogP) is 4.58. The van der Waals surface area contributed by atoms with Gasteiger partial charge in [0.1, 0.15) is 5.75 Å². The molecule has 1 amide bonds. The van der Waals surface area contributed by atoms with E-state index < -0.39 is 0 Å². The van der Waals surface area contributed by atoms with E-state index in [-0.39, 0.29) is 17.4 Å². The van der Waals surface area contributed by atoms with E-state index in [1.54, 1.807) is 31.2 Å². The molecule has 0 bridgehead atoms. The van der Waals surface area contributed by atoms with Crippen molar-refractivity contribution in [3.63, 3.8) is 0 Å². The number of benzene rings is 3. The van der Waals surface area contributed by atoms with Gasteiger partial charge in [0.25, 0.3) is 5.91 Å². The second kappa shape index (κ2) is 10.1. The Hall–Kier alpha value is -3.91. The molecule has 7 nitrogen and oxygen atoms in total. The first-order valence-electron chi connectivity index (χ1n) is 10.3. The topological polar surface area (TPSA) is 92.4 Å². The first-order valence-corrected chi connectivity index (χ1v) is 11.3. The zero-order chi connectivity index (χ0) is 23.2. The van der Waals surface area contributed by atoms with Crippen LogP contribution in [0, 0.1) is 6.92 Å². The van der Waals surface area contributed by atoms with Crippen molar-refractivity contribution in [3.05, 3.63) is 90.0 Å². The molecule has 0 aliphatic heterocycles. The highest BCUT2D eigenvalue weighted by atomic mass is 32.2. The third-order valence-corrected chi connectivity index (χ3v) is 5.86. The normalized spacial score (nSPS) is 11.4. The Morgan fingerprint density at radius 1 is 1.00 bits per heavy atom. The summed E-state index contributed by atoms with van der Waals surface area (Å²) in [4.78, 5) is 12.4. The van der Waals surface area contributed by atoms with E-state index in [0.29, 0.717) is 22.3 Å². The van der Waals surface area contributed by atoms with Crippen molar-refractivity contribution < 1.29 is 9.90 Å². The number of aromatic hydroxyl groups is 1. The predicted molar refractivity (Wildman–Crippen MR) is 131 cm³/mol. The SMILES string of the molecule is C/C(=N\NC(=O)CSc1nnc(-c2ccccc2)n1-c1ccc(C)cc1)c1ccccc1O. The van der Waals surface area contributed by atoms with Crippen molar-refractivity contribution in [3.8, 4) is 22.8 Å². The number of nitrogens with zero attached hydrogens (tertiary/aromatic N) is 4. The summed E-state index contributed by atoms with van der Waals surface area (Å²) in [5.74, 6) is 0.642. The van der Waals surface area contributed by atoms with Crippen LogP contribution in [-0.2, 0) is 4.79 Å². The number of thioether (sulfide) groups is 1. The van der Waals surface area contributed by atoms with E-state index in [9.17, 15) is 9.90 Å². The standard InChI is InChI=1S/C25H23N5O2S/c1-17-12-14-20(15-13-17)30-24(19-8-4-3-5-9-19)28-29-25(30)33-16-23(32)27-26-18(2)21-10-6-7-11-22(21)31/h3-15,31H,16H2,1-2H3,(H,27,32)/b26-18+. The molecule has 4 aromatic rings. The van der Waals surface area contributed by atoms with Crippen molar-refractivity contribution in [2.75, 3.05) is 5.75 Å². The van der Waals surface area contributed by atoms with Gasteiger partial charge >= 0.3 is 0 Å². The average molecular weight is 458 g/mol. The maximum Gasteiger partial charge on any atom is 0.250 e. The Kier molecular flexibility index (Phi) is 6.85. The van der Waals surface area contributed by atoms with Gasteiger partial charge in [-0.25, -0.2) is 5.43 Å². The fraction of sp³-hybridized carbons (Fsp3) is 0.120. The summed E-state index contributed by atoms with van der Waals surface area (Å²) >= 11 is 1.28. The zero-order valence-electron chi connectivity index (χ0n) is 18.3. The lowest BCUT2D eigenvalue weighted by Gasteiger charge is -2.10. The molecule has 0 aliphatic rings. The molecule has 166 valence electrons. The number of nitrogens with one attached hydrogen (secondary N) is 1. The number of hydrogen-bond acceptors (Lipinski definition) is 6. The average Bonchev–Trinajstić information content (AvgIpc) is 3.26. The number of carbonyl (C=O) groups is 1. The third kappa shape index (κ3) is 5.30. The highest BCUT2D eigenvalue weighted by molar-refractivity contribution is 7.99. The highest BCUT2D eigenvalue weighted by Crippen LogP contribution is 2.28. The van der Waals surface area contributed by atoms with Gasteiger partial charge in [0.15, 0.2) is 11.0 Å². The van der Waals surface area contributed by atoms with Crippen LogP contribution in [0.25, 0.3) is 17.1 Å². The van der Waals surface area contributed by atoms with Gasteiger partial charge in [-0.2, -0.15) is 5.10 Å².